The molecule has 5 heterocycles. The van der Waals surface area contributed by atoms with Crippen molar-refractivity contribution < 1.29 is 13.6 Å². The van der Waals surface area contributed by atoms with Gasteiger partial charge in [0.1, 0.15) is 17.4 Å². The maximum Gasteiger partial charge on any atom is 0.265 e. The second kappa shape index (κ2) is 7.75. The van der Waals surface area contributed by atoms with E-state index in [1.807, 2.05) is 24.6 Å². The molecule has 4 aromatic rings. The number of carbonyl (C=O) groups excluding carboxylic acids is 1. The summed E-state index contributed by atoms with van der Waals surface area (Å²) in [6, 6.07) is 1.98. The number of rotatable bonds is 4. The van der Waals surface area contributed by atoms with Gasteiger partial charge in [0.25, 0.3) is 12.3 Å². The second-order valence-corrected chi connectivity index (χ2v) is 8.33. The Kier molecular flexibility index (Phi) is 4.98. The number of amides is 1. The summed E-state index contributed by atoms with van der Waals surface area (Å²) in [4.78, 5) is 19.6. The minimum atomic E-state index is -2.57. The van der Waals surface area contributed by atoms with E-state index >= 15 is 0 Å². The number of aryl methyl sites for hydroxylation is 2. The van der Waals surface area contributed by atoms with E-state index in [4.69, 9.17) is 0 Å². The van der Waals surface area contributed by atoms with Gasteiger partial charge in [-0.25, -0.2) is 23.0 Å². The zero-order chi connectivity index (χ0) is 23.4. The molecule has 172 valence electrons. The summed E-state index contributed by atoms with van der Waals surface area (Å²) < 4.78 is 32.1. The Morgan fingerprint density at radius 1 is 1.24 bits per heavy atom. The second-order valence-electron chi connectivity index (χ2n) is 8.33. The lowest BCUT2D eigenvalue weighted by Gasteiger charge is -2.37. The summed E-state index contributed by atoms with van der Waals surface area (Å²) in [5.74, 6) is 0.00844. The van der Waals surface area contributed by atoms with Gasteiger partial charge in [-0.2, -0.15) is 15.3 Å². The first kappa shape index (κ1) is 21.2. The molecule has 1 amide bonds. The van der Waals surface area contributed by atoms with Crippen molar-refractivity contribution in [3.63, 3.8) is 0 Å². The molecule has 0 N–H and O–H groups in total. The molecule has 2 atom stereocenters. The molecule has 0 bridgehead atoms. The van der Waals surface area contributed by atoms with Gasteiger partial charge in [0.05, 0.1) is 23.8 Å². The quantitative estimate of drug-likeness (QED) is 0.470. The summed E-state index contributed by atoms with van der Waals surface area (Å²) >= 11 is 0. The predicted octanol–water partition coefficient (Wildman–Crippen LogP) is 3.67. The van der Waals surface area contributed by atoms with Crippen LogP contribution in [0.3, 0.4) is 0 Å². The fraction of sp³-hybridized carbons (Fsp3) is 0.409. The van der Waals surface area contributed by atoms with E-state index in [0.717, 1.165) is 23.5 Å². The number of hydrogen-bond donors (Lipinski definition) is 0. The molecule has 1 aliphatic heterocycles. The van der Waals surface area contributed by atoms with Gasteiger partial charge < -0.3 is 0 Å². The Morgan fingerprint density at radius 3 is 2.73 bits per heavy atom. The lowest BCUT2D eigenvalue weighted by atomic mass is 10.0. The van der Waals surface area contributed by atoms with Gasteiger partial charge >= 0.3 is 0 Å². The summed E-state index contributed by atoms with van der Waals surface area (Å²) in [5.41, 5.74) is 3.91. The number of alkyl halides is 2. The Morgan fingerprint density at radius 2 is 2.03 bits per heavy atom. The highest BCUT2D eigenvalue weighted by atomic mass is 19.3. The van der Waals surface area contributed by atoms with Crippen LogP contribution < -0.4 is 4.90 Å². The normalized spacial score (nSPS) is 18.3. The first-order valence-electron chi connectivity index (χ1n) is 10.8. The Balaban J connectivity index is 1.60. The molecule has 11 heteroatoms. The number of carbonyl (C=O) groups is 1. The lowest BCUT2D eigenvalue weighted by molar-refractivity contribution is 0.0609. The van der Waals surface area contributed by atoms with Crippen molar-refractivity contribution in [3.8, 4) is 11.3 Å². The predicted molar refractivity (Wildman–Crippen MR) is 118 cm³/mol. The minimum absolute atomic E-state index is 0.102. The number of nitrogens with zero attached hydrogens (tertiary/aromatic N) is 8. The monoisotopic (exact) mass is 454 g/mol. The van der Waals surface area contributed by atoms with Crippen molar-refractivity contribution >= 4 is 17.4 Å². The zero-order valence-corrected chi connectivity index (χ0v) is 18.8. The van der Waals surface area contributed by atoms with E-state index in [1.165, 1.54) is 15.8 Å². The molecule has 0 unspecified atom stereocenters. The summed E-state index contributed by atoms with van der Waals surface area (Å²) in [5, 5.41) is 13.1. The van der Waals surface area contributed by atoms with Gasteiger partial charge in [-0.1, -0.05) is 0 Å². The highest BCUT2D eigenvalue weighted by Gasteiger charge is 2.40. The molecule has 0 spiro atoms. The minimum Gasteiger partial charge on any atom is -0.290 e. The first-order valence-corrected chi connectivity index (χ1v) is 10.8. The maximum atomic E-state index is 13.7. The van der Waals surface area contributed by atoms with Crippen LogP contribution in [0.5, 0.6) is 0 Å². The first-order chi connectivity index (χ1) is 15.8. The fourth-order valence-corrected chi connectivity index (χ4v) is 4.61. The molecule has 0 saturated heterocycles. The van der Waals surface area contributed by atoms with Crippen molar-refractivity contribution in [1.82, 2.24) is 34.2 Å². The number of halogens is 2. The molecule has 9 nitrogen and oxygen atoms in total. The average molecular weight is 454 g/mol. The highest BCUT2D eigenvalue weighted by Crippen LogP contribution is 2.37. The summed E-state index contributed by atoms with van der Waals surface area (Å²) in [6.45, 7) is 8.23. The molecule has 0 saturated carbocycles. The largest absolute Gasteiger partial charge is 0.290 e. The maximum absolute atomic E-state index is 13.7. The van der Waals surface area contributed by atoms with Gasteiger partial charge in [0.15, 0.2) is 5.65 Å². The molecule has 0 radical (unpaired) electrons. The molecule has 33 heavy (non-hydrogen) atoms. The standard InChI is InChI=1S/C22H24F2N8O/c1-5-29-14(4)15(10-26-29)17-6-7-25-21-16(11-27-32(17)21)22(33)30-13(3)9-18(20(23)24)31-19(30)8-12(2)28-31/h6-8,10-11,13,18,20H,5,9H2,1-4H3/t13-,18+/m0/s1. The van der Waals surface area contributed by atoms with Gasteiger partial charge in [-0.3, -0.25) is 14.4 Å². The van der Waals surface area contributed by atoms with Crippen molar-refractivity contribution in [2.24, 2.45) is 0 Å². The summed E-state index contributed by atoms with van der Waals surface area (Å²) in [6.07, 6.45) is 2.41. The third kappa shape index (κ3) is 3.21. The average Bonchev–Trinajstić information content (AvgIpc) is 3.48. The molecule has 1 aliphatic rings. The molecule has 5 rings (SSSR count). The number of fused-ring (bicyclic) bond motifs is 2. The van der Waals surface area contributed by atoms with E-state index in [9.17, 15) is 13.6 Å². The Bertz CT molecular complexity index is 1350. The summed E-state index contributed by atoms with van der Waals surface area (Å²) in [7, 11) is 0. The molecule has 4 aromatic heterocycles. The number of aromatic nitrogens is 7. The Hall–Kier alpha value is -3.63. The van der Waals surface area contributed by atoms with E-state index in [2.05, 4.69) is 20.3 Å². The van der Waals surface area contributed by atoms with Gasteiger partial charge in [0.2, 0.25) is 0 Å². The smallest absolute Gasteiger partial charge is 0.265 e. The van der Waals surface area contributed by atoms with Crippen LogP contribution in [0.1, 0.15) is 48.1 Å². The van der Waals surface area contributed by atoms with Crippen LogP contribution in [0.15, 0.2) is 30.7 Å². The van der Waals surface area contributed by atoms with Crippen LogP contribution in [0.25, 0.3) is 16.9 Å². The van der Waals surface area contributed by atoms with Gasteiger partial charge in [-0.05, 0) is 40.2 Å². The molecule has 0 fully saturated rings. The van der Waals surface area contributed by atoms with E-state index in [0.29, 0.717) is 22.7 Å². The SMILES string of the molecule is CCn1ncc(-c2ccnc3c(C(=O)N4c5cc(C)nn5[C@@H](C(F)F)C[C@@H]4C)cnn23)c1C. The van der Waals surface area contributed by atoms with E-state index in [1.54, 1.807) is 36.8 Å². The third-order valence-corrected chi connectivity index (χ3v) is 6.24. The van der Waals surface area contributed by atoms with Crippen LogP contribution in [0, 0.1) is 13.8 Å². The van der Waals surface area contributed by atoms with Crippen molar-refractivity contribution in [2.45, 2.75) is 59.2 Å². The topological polar surface area (TPSA) is 86.1 Å². The third-order valence-electron chi connectivity index (χ3n) is 6.24. The van der Waals surface area contributed by atoms with Gasteiger partial charge in [0, 0.05) is 36.1 Å². The Labute approximate surface area is 188 Å². The highest BCUT2D eigenvalue weighted by molar-refractivity contribution is 6.10. The van der Waals surface area contributed by atoms with Crippen LogP contribution in [0.4, 0.5) is 14.6 Å². The van der Waals surface area contributed by atoms with Crippen molar-refractivity contribution in [3.05, 3.63) is 47.7 Å². The van der Waals surface area contributed by atoms with Gasteiger partial charge in [-0.15, -0.1) is 0 Å². The molecular formula is C22H24F2N8O. The molecular weight excluding hydrogens is 430 g/mol. The van der Waals surface area contributed by atoms with Crippen LogP contribution in [0.2, 0.25) is 0 Å². The van der Waals surface area contributed by atoms with Crippen LogP contribution >= 0.6 is 0 Å². The van der Waals surface area contributed by atoms with Crippen LogP contribution in [-0.4, -0.2) is 52.5 Å². The number of hydrogen-bond acceptors (Lipinski definition) is 5. The molecule has 0 aliphatic carbocycles. The van der Waals surface area contributed by atoms with Crippen molar-refractivity contribution in [1.29, 1.82) is 0 Å². The van der Waals surface area contributed by atoms with Crippen molar-refractivity contribution in [2.75, 3.05) is 4.90 Å². The zero-order valence-electron chi connectivity index (χ0n) is 18.8. The van der Waals surface area contributed by atoms with Crippen LogP contribution in [-0.2, 0) is 6.54 Å². The van der Waals surface area contributed by atoms with E-state index in [-0.39, 0.29) is 12.3 Å². The fourth-order valence-electron chi connectivity index (χ4n) is 4.61. The van der Waals surface area contributed by atoms with E-state index < -0.39 is 18.5 Å². The lowest BCUT2D eigenvalue weighted by Crippen LogP contribution is -2.46. The number of anilines is 1. The molecule has 0 aromatic carbocycles.